The van der Waals surface area contributed by atoms with Gasteiger partial charge in [-0.2, -0.15) is 0 Å². The summed E-state index contributed by atoms with van der Waals surface area (Å²) < 4.78 is 0. The first-order valence-electron chi connectivity index (χ1n) is 5.31. The second-order valence-electron chi connectivity index (χ2n) is 4.27. The number of hydrogen-bond donors (Lipinski definition) is 2. The van der Waals surface area contributed by atoms with Crippen molar-refractivity contribution in [1.82, 2.24) is 0 Å². The number of nitrogens with one attached hydrogen (secondary N) is 1. The maximum absolute atomic E-state index is 9.30. The molecule has 0 aliphatic rings. The third-order valence-corrected chi connectivity index (χ3v) is 3.52. The Morgan fingerprint density at radius 1 is 1.31 bits per heavy atom. The normalized spacial score (nSPS) is 14.6. The molecule has 0 saturated heterocycles. The highest BCUT2D eigenvalue weighted by Crippen LogP contribution is 2.31. The van der Waals surface area contributed by atoms with Crippen LogP contribution in [0.5, 0.6) is 0 Å². The first-order chi connectivity index (χ1) is 7.52. The molecule has 0 aliphatic heterocycles. The predicted octanol–water partition coefficient (Wildman–Crippen LogP) is 3.81. The van der Waals surface area contributed by atoms with Crippen LogP contribution in [0.15, 0.2) is 18.2 Å². The van der Waals surface area contributed by atoms with E-state index >= 15 is 0 Å². The number of aliphatic hydroxyl groups is 1. The lowest BCUT2D eigenvalue weighted by atomic mass is 9.88. The van der Waals surface area contributed by atoms with E-state index < -0.39 is 0 Å². The summed E-state index contributed by atoms with van der Waals surface area (Å²) in [5, 5.41) is 13.7. The molecule has 0 saturated carbocycles. The first kappa shape index (κ1) is 13.6. The lowest BCUT2D eigenvalue weighted by molar-refractivity contribution is 0.149. The number of halogens is 2. The van der Waals surface area contributed by atoms with E-state index in [9.17, 15) is 5.11 Å². The Morgan fingerprint density at radius 2 is 1.88 bits per heavy atom. The number of hydrogen-bond acceptors (Lipinski definition) is 2. The van der Waals surface area contributed by atoms with E-state index in [1.807, 2.05) is 13.8 Å². The van der Waals surface area contributed by atoms with E-state index in [1.54, 1.807) is 18.2 Å². The molecule has 1 aromatic carbocycles. The van der Waals surface area contributed by atoms with Gasteiger partial charge in [-0.15, -0.1) is 0 Å². The molecule has 0 bridgehead atoms. The first-order valence-corrected chi connectivity index (χ1v) is 6.07. The van der Waals surface area contributed by atoms with Gasteiger partial charge in [0.15, 0.2) is 0 Å². The number of rotatable bonds is 5. The molecule has 0 spiro atoms. The Bertz CT molecular complexity index is 331. The molecule has 2 nitrogen and oxygen atoms in total. The highest BCUT2D eigenvalue weighted by Gasteiger charge is 2.21. The van der Waals surface area contributed by atoms with Crippen LogP contribution in [0.2, 0.25) is 10.0 Å². The maximum Gasteiger partial charge on any atom is 0.0719 e. The fourth-order valence-electron chi connectivity index (χ4n) is 1.26. The van der Waals surface area contributed by atoms with E-state index in [4.69, 9.17) is 23.2 Å². The van der Waals surface area contributed by atoms with Crippen LogP contribution in [0.3, 0.4) is 0 Å². The number of para-hydroxylation sites is 1. The second kappa shape index (κ2) is 5.76. The molecule has 0 radical (unpaired) electrons. The minimum absolute atomic E-state index is 0.137. The summed E-state index contributed by atoms with van der Waals surface area (Å²) in [4.78, 5) is 0. The van der Waals surface area contributed by atoms with E-state index in [-0.39, 0.29) is 12.0 Å². The third-order valence-electron chi connectivity index (χ3n) is 2.89. The summed E-state index contributed by atoms with van der Waals surface area (Å²) in [7, 11) is 0. The molecule has 1 unspecified atom stereocenters. The molecule has 16 heavy (non-hydrogen) atoms. The molecular weight excluding hydrogens is 245 g/mol. The van der Waals surface area contributed by atoms with Gasteiger partial charge in [-0.25, -0.2) is 0 Å². The third kappa shape index (κ3) is 3.27. The average molecular weight is 262 g/mol. The molecule has 0 heterocycles. The Balaban J connectivity index is 2.75. The summed E-state index contributed by atoms with van der Waals surface area (Å²) in [6, 6.07) is 5.39. The van der Waals surface area contributed by atoms with Crippen molar-refractivity contribution in [3.05, 3.63) is 28.2 Å². The Labute approximate surface area is 107 Å². The van der Waals surface area contributed by atoms with Gasteiger partial charge in [0.2, 0.25) is 0 Å². The van der Waals surface area contributed by atoms with Gasteiger partial charge in [0, 0.05) is 12.0 Å². The van der Waals surface area contributed by atoms with Crippen molar-refractivity contribution < 1.29 is 5.11 Å². The largest absolute Gasteiger partial charge is 0.396 e. The van der Waals surface area contributed by atoms with Gasteiger partial charge < -0.3 is 10.4 Å². The van der Waals surface area contributed by atoms with Crippen LogP contribution in [0.25, 0.3) is 0 Å². The summed E-state index contributed by atoms with van der Waals surface area (Å²) in [6.45, 7) is 4.85. The van der Waals surface area contributed by atoms with Gasteiger partial charge in [0.25, 0.3) is 0 Å². The van der Waals surface area contributed by atoms with Crippen LogP contribution in [0.4, 0.5) is 5.69 Å². The van der Waals surface area contributed by atoms with E-state index in [2.05, 4.69) is 5.32 Å². The fourth-order valence-corrected chi connectivity index (χ4v) is 1.79. The van der Waals surface area contributed by atoms with Crippen molar-refractivity contribution in [2.75, 3.05) is 18.5 Å². The van der Waals surface area contributed by atoms with Crippen molar-refractivity contribution >= 4 is 28.9 Å². The van der Waals surface area contributed by atoms with Gasteiger partial charge in [-0.05, 0) is 18.6 Å². The maximum atomic E-state index is 9.30. The van der Waals surface area contributed by atoms with Crippen LogP contribution < -0.4 is 5.32 Å². The van der Waals surface area contributed by atoms with Crippen molar-refractivity contribution in [3.8, 4) is 0 Å². The number of benzene rings is 1. The lowest BCUT2D eigenvalue weighted by Crippen LogP contribution is -2.29. The van der Waals surface area contributed by atoms with Gasteiger partial charge in [0.05, 0.1) is 22.3 Å². The molecule has 2 N–H and O–H groups in total. The fraction of sp³-hybridized carbons (Fsp3) is 0.500. The van der Waals surface area contributed by atoms with Crippen LogP contribution in [-0.2, 0) is 0 Å². The molecule has 1 aromatic rings. The van der Waals surface area contributed by atoms with Crippen LogP contribution in [-0.4, -0.2) is 18.3 Å². The average Bonchev–Trinajstić information content (AvgIpc) is 2.28. The van der Waals surface area contributed by atoms with Gasteiger partial charge in [-0.1, -0.05) is 43.1 Å². The predicted molar refractivity (Wildman–Crippen MR) is 70.4 cm³/mol. The monoisotopic (exact) mass is 261 g/mol. The van der Waals surface area contributed by atoms with Gasteiger partial charge in [0.1, 0.15) is 0 Å². The van der Waals surface area contributed by atoms with Crippen molar-refractivity contribution in [3.63, 3.8) is 0 Å². The molecule has 0 amide bonds. The van der Waals surface area contributed by atoms with Gasteiger partial charge >= 0.3 is 0 Å². The molecule has 0 aliphatic carbocycles. The Kier molecular flexibility index (Phi) is 4.90. The minimum atomic E-state index is -0.150. The lowest BCUT2D eigenvalue weighted by Gasteiger charge is -2.26. The summed E-state index contributed by atoms with van der Waals surface area (Å²) in [6.07, 6.45) is 0.887. The molecule has 1 rings (SSSR count). The van der Waals surface area contributed by atoms with Crippen molar-refractivity contribution in [2.24, 2.45) is 5.41 Å². The highest BCUT2D eigenvalue weighted by atomic mass is 35.5. The zero-order valence-electron chi connectivity index (χ0n) is 9.56. The minimum Gasteiger partial charge on any atom is -0.396 e. The van der Waals surface area contributed by atoms with E-state index in [1.165, 1.54) is 0 Å². The van der Waals surface area contributed by atoms with E-state index in [0.29, 0.717) is 16.6 Å². The SMILES string of the molecule is CCC(C)(CO)CNc1c(Cl)cccc1Cl. The molecule has 0 aromatic heterocycles. The van der Waals surface area contributed by atoms with Crippen LogP contribution in [0, 0.1) is 5.41 Å². The Hall–Kier alpha value is -0.440. The summed E-state index contributed by atoms with van der Waals surface area (Å²) in [5.41, 5.74) is 0.585. The topological polar surface area (TPSA) is 32.3 Å². The zero-order chi connectivity index (χ0) is 12.2. The molecule has 1 atom stereocenters. The Morgan fingerprint density at radius 3 is 2.31 bits per heavy atom. The smallest absolute Gasteiger partial charge is 0.0719 e. The molecule has 4 heteroatoms. The summed E-state index contributed by atoms with van der Waals surface area (Å²) in [5.74, 6) is 0. The van der Waals surface area contributed by atoms with Crippen LogP contribution in [0.1, 0.15) is 20.3 Å². The molecule has 90 valence electrons. The second-order valence-corrected chi connectivity index (χ2v) is 5.09. The van der Waals surface area contributed by atoms with E-state index in [0.717, 1.165) is 12.1 Å². The summed E-state index contributed by atoms with van der Waals surface area (Å²) >= 11 is 12.1. The van der Waals surface area contributed by atoms with Crippen LogP contribution >= 0.6 is 23.2 Å². The standard InChI is InChI=1S/C12H17Cl2NO/c1-3-12(2,8-16)7-15-11-9(13)5-4-6-10(11)14/h4-6,15-16H,3,7-8H2,1-2H3. The van der Waals surface area contributed by atoms with Crippen molar-refractivity contribution in [1.29, 1.82) is 0 Å². The van der Waals surface area contributed by atoms with Gasteiger partial charge in [-0.3, -0.25) is 0 Å². The van der Waals surface area contributed by atoms with Crippen molar-refractivity contribution in [2.45, 2.75) is 20.3 Å². The molecule has 0 fully saturated rings. The quantitative estimate of drug-likeness (QED) is 0.845. The zero-order valence-corrected chi connectivity index (χ0v) is 11.1. The molecular formula is C12H17Cl2NO. The highest BCUT2D eigenvalue weighted by molar-refractivity contribution is 6.39. The number of anilines is 1. The number of aliphatic hydroxyl groups excluding tert-OH is 1.